The Balaban J connectivity index is 0.000000605. The van der Waals surface area contributed by atoms with Gasteiger partial charge in [0.25, 0.3) is 0 Å². The SMILES string of the molecule is N.[O-][n+]1[nH]nc2ccccc21. The third-order valence-electron chi connectivity index (χ3n) is 1.36. The molecule has 0 saturated heterocycles. The molecule has 0 aliphatic rings. The molecule has 5 nitrogen and oxygen atoms in total. The summed E-state index contributed by atoms with van der Waals surface area (Å²) >= 11 is 0. The average Bonchev–Trinajstić information content (AvgIpc) is 2.34. The zero-order valence-corrected chi connectivity index (χ0v) is 5.82. The zero-order chi connectivity index (χ0) is 6.97. The van der Waals surface area contributed by atoms with Crippen molar-refractivity contribution in [2.45, 2.75) is 0 Å². The van der Waals surface area contributed by atoms with E-state index in [0.717, 1.165) is 0 Å². The van der Waals surface area contributed by atoms with Gasteiger partial charge in [-0.1, -0.05) is 17.3 Å². The molecule has 0 spiro atoms. The molecule has 4 N–H and O–H groups in total. The Bertz CT molecular complexity index is 356. The van der Waals surface area contributed by atoms with E-state index in [1.165, 1.54) is 0 Å². The molecule has 0 fully saturated rings. The third-order valence-corrected chi connectivity index (χ3v) is 1.36. The third kappa shape index (κ3) is 1.01. The van der Waals surface area contributed by atoms with E-state index in [4.69, 9.17) is 0 Å². The van der Waals surface area contributed by atoms with E-state index in [2.05, 4.69) is 10.3 Å². The highest BCUT2D eigenvalue weighted by molar-refractivity contribution is 5.69. The fourth-order valence-electron chi connectivity index (χ4n) is 0.884. The summed E-state index contributed by atoms with van der Waals surface area (Å²) < 4.78 is 0. The van der Waals surface area contributed by atoms with Gasteiger partial charge in [-0.15, -0.1) is 0 Å². The lowest BCUT2D eigenvalue weighted by atomic mass is 10.3. The molecule has 1 aromatic carbocycles. The normalized spacial score (nSPS) is 9.45. The minimum absolute atomic E-state index is 0. The molecule has 0 radical (unpaired) electrons. The first-order chi connectivity index (χ1) is 4.88. The molecule has 0 atom stereocenters. The van der Waals surface area contributed by atoms with Crippen molar-refractivity contribution in [3.05, 3.63) is 29.5 Å². The van der Waals surface area contributed by atoms with Crippen LogP contribution in [0.1, 0.15) is 0 Å². The average molecular weight is 152 g/mol. The summed E-state index contributed by atoms with van der Waals surface area (Å²) in [5.41, 5.74) is 1.26. The number of rotatable bonds is 0. The Morgan fingerprint density at radius 2 is 2.09 bits per heavy atom. The number of fused-ring (bicyclic) bond motifs is 1. The topological polar surface area (TPSA) is 90.6 Å². The molecular weight excluding hydrogens is 144 g/mol. The highest BCUT2D eigenvalue weighted by Gasteiger charge is 2.03. The van der Waals surface area contributed by atoms with Crippen molar-refractivity contribution >= 4 is 11.0 Å². The van der Waals surface area contributed by atoms with Crippen LogP contribution in [0.25, 0.3) is 11.0 Å². The van der Waals surface area contributed by atoms with Gasteiger partial charge in [-0.05, 0) is 12.1 Å². The Hall–Kier alpha value is -1.62. The minimum atomic E-state index is 0. The van der Waals surface area contributed by atoms with Crippen molar-refractivity contribution in [3.63, 3.8) is 0 Å². The van der Waals surface area contributed by atoms with Gasteiger partial charge in [0.15, 0.2) is 0 Å². The smallest absolute Gasteiger partial charge is 0.249 e. The first kappa shape index (κ1) is 7.49. The van der Waals surface area contributed by atoms with Crippen LogP contribution in [-0.4, -0.2) is 10.3 Å². The number of para-hydroxylation sites is 2. The Morgan fingerprint density at radius 3 is 2.82 bits per heavy atom. The number of nitrogens with zero attached hydrogens (tertiary/aromatic N) is 2. The number of aromatic amines is 1. The lowest BCUT2D eigenvalue weighted by molar-refractivity contribution is -0.644. The largest absolute Gasteiger partial charge is 0.692 e. The Morgan fingerprint density at radius 1 is 1.36 bits per heavy atom. The quantitative estimate of drug-likeness (QED) is 0.421. The van der Waals surface area contributed by atoms with Gasteiger partial charge in [0, 0.05) is 5.10 Å². The van der Waals surface area contributed by atoms with Gasteiger partial charge in [0.1, 0.15) is 0 Å². The van der Waals surface area contributed by atoms with Gasteiger partial charge in [0.05, 0.1) is 0 Å². The summed E-state index contributed by atoms with van der Waals surface area (Å²) in [6, 6.07) is 7.13. The van der Waals surface area contributed by atoms with Crippen LogP contribution in [0.15, 0.2) is 24.3 Å². The van der Waals surface area contributed by atoms with Gasteiger partial charge < -0.3 is 11.4 Å². The lowest BCUT2D eigenvalue weighted by Crippen LogP contribution is -2.27. The predicted molar refractivity (Wildman–Crippen MR) is 40.1 cm³/mol. The molecular formula is C6H8N4O. The molecule has 2 rings (SSSR count). The summed E-state index contributed by atoms with van der Waals surface area (Å²) in [6.45, 7) is 0. The lowest BCUT2D eigenvalue weighted by Gasteiger charge is -1.90. The molecule has 0 bridgehead atoms. The second-order valence-electron chi connectivity index (χ2n) is 1.99. The van der Waals surface area contributed by atoms with E-state index in [1.807, 2.05) is 6.07 Å². The van der Waals surface area contributed by atoms with Crippen LogP contribution in [0.4, 0.5) is 0 Å². The first-order valence-electron chi connectivity index (χ1n) is 2.90. The molecule has 5 heteroatoms. The summed E-state index contributed by atoms with van der Waals surface area (Å²) in [5, 5.41) is 16.8. The molecule has 0 saturated carbocycles. The molecule has 0 aliphatic carbocycles. The fourth-order valence-corrected chi connectivity index (χ4v) is 0.884. The van der Waals surface area contributed by atoms with Gasteiger partial charge >= 0.3 is 0 Å². The molecule has 0 aliphatic heterocycles. The van der Waals surface area contributed by atoms with Crippen LogP contribution in [0.3, 0.4) is 0 Å². The van der Waals surface area contributed by atoms with Gasteiger partial charge in [-0.2, -0.15) is 4.85 Å². The number of hydrogen-bond acceptors (Lipinski definition) is 3. The molecule has 1 aromatic heterocycles. The Kier molecular flexibility index (Phi) is 1.74. The van der Waals surface area contributed by atoms with Gasteiger partial charge in [-0.3, -0.25) is 0 Å². The summed E-state index contributed by atoms with van der Waals surface area (Å²) in [5.74, 6) is 0. The van der Waals surface area contributed by atoms with Crippen LogP contribution in [0.5, 0.6) is 0 Å². The number of benzene rings is 1. The monoisotopic (exact) mass is 152 g/mol. The van der Waals surface area contributed by atoms with E-state index in [0.29, 0.717) is 15.9 Å². The van der Waals surface area contributed by atoms with Gasteiger partial charge in [-0.25, -0.2) is 0 Å². The van der Waals surface area contributed by atoms with Crippen LogP contribution >= 0.6 is 0 Å². The first-order valence-corrected chi connectivity index (χ1v) is 2.90. The molecule has 0 amide bonds. The minimum Gasteiger partial charge on any atom is -0.692 e. The maximum Gasteiger partial charge on any atom is 0.249 e. The van der Waals surface area contributed by atoms with E-state index < -0.39 is 0 Å². The summed E-state index contributed by atoms with van der Waals surface area (Å²) in [7, 11) is 0. The molecule has 0 unspecified atom stereocenters. The van der Waals surface area contributed by atoms with Crippen LogP contribution in [0, 0.1) is 5.21 Å². The fraction of sp³-hybridized carbons (Fsp3) is 0. The highest BCUT2D eigenvalue weighted by atomic mass is 16.5. The maximum atomic E-state index is 10.8. The number of nitrogens with one attached hydrogen (secondary N) is 1. The van der Waals surface area contributed by atoms with Crippen molar-refractivity contribution in [2.24, 2.45) is 0 Å². The van der Waals surface area contributed by atoms with E-state index >= 15 is 0 Å². The van der Waals surface area contributed by atoms with E-state index in [-0.39, 0.29) is 6.15 Å². The number of H-pyrrole nitrogens is 1. The predicted octanol–water partition coefficient (Wildman–Crippen LogP) is 0.358. The van der Waals surface area contributed by atoms with Crippen molar-refractivity contribution < 1.29 is 4.85 Å². The summed E-state index contributed by atoms with van der Waals surface area (Å²) in [6.07, 6.45) is 0. The standard InChI is InChI=1S/C6H5N3O.H3N/c10-9-6-4-2-1-3-5(6)7-8-9;/h1-4,8H;1H3. The summed E-state index contributed by atoms with van der Waals surface area (Å²) in [4.78, 5) is 0.634. The highest BCUT2D eigenvalue weighted by Crippen LogP contribution is 2.02. The van der Waals surface area contributed by atoms with Crippen molar-refractivity contribution in [2.75, 3.05) is 0 Å². The van der Waals surface area contributed by atoms with E-state index in [1.54, 1.807) is 18.2 Å². The van der Waals surface area contributed by atoms with Crippen molar-refractivity contribution in [1.29, 1.82) is 0 Å². The Labute approximate surface area is 62.8 Å². The van der Waals surface area contributed by atoms with E-state index in [9.17, 15) is 5.21 Å². The molecule has 11 heavy (non-hydrogen) atoms. The maximum absolute atomic E-state index is 10.8. The number of aromatic nitrogens is 3. The van der Waals surface area contributed by atoms with Crippen LogP contribution in [-0.2, 0) is 0 Å². The number of hydrogen-bond donors (Lipinski definition) is 2. The molecule has 2 aromatic rings. The van der Waals surface area contributed by atoms with Gasteiger partial charge in [0.2, 0.25) is 11.0 Å². The zero-order valence-electron chi connectivity index (χ0n) is 5.82. The molecule has 1 heterocycles. The second kappa shape index (κ2) is 2.55. The van der Waals surface area contributed by atoms with Crippen molar-refractivity contribution in [1.82, 2.24) is 16.5 Å². The molecule has 58 valence electrons. The van der Waals surface area contributed by atoms with Crippen LogP contribution < -0.4 is 11.0 Å². The second-order valence-corrected chi connectivity index (χ2v) is 1.99. The van der Waals surface area contributed by atoms with Crippen LogP contribution in [0.2, 0.25) is 0 Å². The van der Waals surface area contributed by atoms with Crippen molar-refractivity contribution in [3.8, 4) is 0 Å².